The van der Waals surface area contributed by atoms with E-state index in [0.29, 0.717) is 23.5 Å². The zero-order chi connectivity index (χ0) is 13.2. The first-order valence-corrected chi connectivity index (χ1v) is 7.39. The van der Waals surface area contributed by atoms with E-state index in [4.69, 9.17) is 11.6 Å². The SMILES string of the molecule is Cl.O=C(Cc1ccccc1Cl)N1C2CCNCC1CC2. The number of halogens is 2. The molecule has 2 fully saturated rings. The van der Waals surface area contributed by atoms with Gasteiger partial charge in [0.25, 0.3) is 0 Å². The first-order chi connectivity index (χ1) is 9.25. The van der Waals surface area contributed by atoms with Gasteiger partial charge in [-0.2, -0.15) is 0 Å². The van der Waals surface area contributed by atoms with E-state index in [-0.39, 0.29) is 18.3 Å². The predicted octanol–water partition coefficient (Wildman–Crippen LogP) is 2.66. The molecule has 2 saturated heterocycles. The summed E-state index contributed by atoms with van der Waals surface area (Å²) in [6.07, 6.45) is 3.78. The minimum Gasteiger partial charge on any atom is -0.335 e. The van der Waals surface area contributed by atoms with E-state index in [2.05, 4.69) is 10.2 Å². The first kappa shape index (κ1) is 15.6. The minimum absolute atomic E-state index is 0. The van der Waals surface area contributed by atoms with Gasteiger partial charge in [-0.05, 0) is 37.4 Å². The summed E-state index contributed by atoms with van der Waals surface area (Å²) in [6, 6.07) is 8.43. The number of benzene rings is 1. The summed E-state index contributed by atoms with van der Waals surface area (Å²) < 4.78 is 0. The summed E-state index contributed by atoms with van der Waals surface area (Å²) in [5.41, 5.74) is 0.936. The third-order valence-electron chi connectivity index (χ3n) is 4.24. The molecule has 5 heteroatoms. The number of rotatable bonds is 2. The summed E-state index contributed by atoms with van der Waals surface area (Å²) in [5, 5.41) is 4.11. The Morgan fingerprint density at radius 1 is 1.25 bits per heavy atom. The fourth-order valence-electron chi connectivity index (χ4n) is 3.29. The molecule has 1 amide bonds. The van der Waals surface area contributed by atoms with Crippen LogP contribution in [0.2, 0.25) is 5.02 Å². The average molecular weight is 315 g/mol. The summed E-state index contributed by atoms with van der Waals surface area (Å²) in [6.45, 7) is 1.96. The van der Waals surface area contributed by atoms with Crippen molar-refractivity contribution < 1.29 is 4.79 Å². The molecule has 110 valence electrons. The molecule has 0 spiro atoms. The Morgan fingerprint density at radius 2 is 2.00 bits per heavy atom. The van der Waals surface area contributed by atoms with Crippen molar-refractivity contribution in [1.29, 1.82) is 0 Å². The first-order valence-electron chi connectivity index (χ1n) is 7.01. The molecule has 2 unspecified atom stereocenters. The fraction of sp³-hybridized carbons (Fsp3) is 0.533. The number of nitrogens with zero attached hydrogens (tertiary/aromatic N) is 1. The third-order valence-corrected chi connectivity index (χ3v) is 4.61. The van der Waals surface area contributed by atoms with E-state index in [0.717, 1.165) is 37.9 Å². The van der Waals surface area contributed by atoms with Crippen molar-refractivity contribution in [3.63, 3.8) is 0 Å². The monoisotopic (exact) mass is 314 g/mol. The molecule has 0 radical (unpaired) electrons. The van der Waals surface area contributed by atoms with Gasteiger partial charge in [0.15, 0.2) is 0 Å². The Morgan fingerprint density at radius 3 is 2.80 bits per heavy atom. The lowest BCUT2D eigenvalue weighted by Crippen LogP contribution is -2.43. The number of carbonyl (C=O) groups excluding carboxylic acids is 1. The van der Waals surface area contributed by atoms with Gasteiger partial charge in [0.05, 0.1) is 6.42 Å². The van der Waals surface area contributed by atoms with Crippen LogP contribution in [0.15, 0.2) is 24.3 Å². The molecule has 0 aromatic heterocycles. The maximum Gasteiger partial charge on any atom is 0.227 e. The van der Waals surface area contributed by atoms with Crippen LogP contribution in [0.1, 0.15) is 24.8 Å². The van der Waals surface area contributed by atoms with Gasteiger partial charge in [-0.1, -0.05) is 29.8 Å². The minimum atomic E-state index is 0. The molecule has 0 saturated carbocycles. The standard InChI is InChI=1S/C15H19ClN2O.ClH/c16-14-4-2-1-3-11(14)9-15(19)18-12-5-6-13(18)10-17-8-7-12;/h1-4,12-13,17H,5-10H2;1H. The molecule has 20 heavy (non-hydrogen) atoms. The van der Waals surface area contributed by atoms with Crippen LogP contribution in [-0.2, 0) is 11.2 Å². The number of nitrogens with one attached hydrogen (secondary N) is 1. The van der Waals surface area contributed by atoms with Crippen molar-refractivity contribution in [2.75, 3.05) is 13.1 Å². The quantitative estimate of drug-likeness (QED) is 0.910. The molecular weight excluding hydrogens is 295 g/mol. The van der Waals surface area contributed by atoms with Gasteiger partial charge in [-0.15, -0.1) is 12.4 Å². The lowest BCUT2D eigenvalue weighted by molar-refractivity contribution is -0.133. The highest BCUT2D eigenvalue weighted by Crippen LogP contribution is 2.29. The van der Waals surface area contributed by atoms with Crippen LogP contribution in [0.4, 0.5) is 0 Å². The number of amides is 1. The Kier molecular flexibility index (Phi) is 5.30. The van der Waals surface area contributed by atoms with Crippen LogP contribution in [0.3, 0.4) is 0 Å². The highest BCUT2D eigenvalue weighted by molar-refractivity contribution is 6.31. The number of fused-ring (bicyclic) bond motifs is 2. The lowest BCUT2D eigenvalue weighted by atomic mass is 10.1. The summed E-state index contributed by atoms with van der Waals surface area (Å²) in [4.78, 5) is 14.7. The van der Waals surface area contributed by atoms with Gasteiger partial charge in [0.2, 0.25) is 5.91 Å². The van der Waals surface area contributed by atoms with E-state index in [9.17, 15) is 4.79 Å². The smallest absolute Gasteiger partial charge is 0.227 e. The number of hydrogen-bond donors (Lipinski definition) is 1. The van der Waals surface area contributed by atoms with Crippen molar-refractivity contribution in [3.05, 3.63) is 34.9 Å². The van der Waals surface area contributed by atoms with E-state index < -0.39 is 0 Å². The molecule has 1 aromatic rings. The Labute approximate surface area is 131 Å². The van der Waals surface area contributed by atoms with E-state index >= 15 is 0 Å². The van der Waals surface area contributed by atoms with Gasteiger partial charge in [-0.25, -0.2) is 0 Å². The molecule has 2 aliphatic rings. The highest BCUT2D eigenvalue weighted by Gasteiger charge is 2.37. The highest BCUT2D eigenvalue weighted by atomic mass is 35.5. The van der Waals surface area contributed by atoms with Crippen molar-refractivity contribution in [1.82, 2.24) is 10.2 Å². The summed E-state index contributed by atoms with van der Waals surface area (Å²) in [5.74, 6) is 0.226. The Balaban J connectivity index is 0.00000147. The van der Waals surface area contributed by atoms with Gasteiger partial charge < -0.3 is 10.2 Å². The normalized spacial score (nSPS) is 24.9. The molecule has 3 nitrogen and oxygen atoms in total. The molecule has 0 aliphatic carbocycles. The molecule has 2 atom stereocenters. The lowest BCUT2D eigenvalue weighted by Gasteiger charge is -2.28. The van der Waals surface area contributed by atoms with Crippen molar-refractivity contribution >= 4 is 29.9 Å². The largest absolute Gasteiger partial charge is 0.335 e. The molecule has 1 N–H and O–H groups in total. The van der Waals surface area contributed by atoms with Crippen molar-refractivity contribution in [2.24, 2.45) is 0 Å². The zero-order valence-electron chi connectivity index (χ0n) is 11.3. The van der Waals surface area contributed by atoms with Crippen LogP contribution in [0.25, 0.3) is 0 Å². The molecule has 2 aliphatic heterocycles. The average Bonchev–Trinajstić information content (AvgIpc) is 2.66. The predicted molar refractivity (Wildman–Crippen MR) is 83.5 cm³/mol. The number of hydrogen-bond acceptors (Lipinski definition) is 2. The van der Waals surface area contributed by atoms with Gasteiger partial charge in [-0.3, -0.25) is 4.79 Å². The molecular formula is C15H20Cl2N2O. The van der Waals surface area contributed by atoms with E-state index in [1.807, 2.05) is 24.3 Å². The van der Waals surface area contributed by atoms with Crippen LogP contribution in [0, 0.1) is 0 Å². The fourth-order valence-corrected chi connectivity index (χ4v) is 3.49. The zero-order valence-corrected chi connectivity index (χ0v) is 12.9. The molecule has 1 aromatic carbocycles. The van der Waals surface area contributed by atoms with Crippen LogP contribution in [0.5, 0.6) is 0 Å². The van der Waals surface area contributed by atoms with Crippen molar-refractivity contribution in [2.45, 2.75) is 37.8 Å². The topological polar surface area (TPSA) is 32.3 Å². The maximum absolute atomic E-state index is 12.6. The molecule has 2 bridgehead atoms. The maximum atomic E-state index is 12.6. The van der Waals surface area contributed by atoms with Gasteiger partial charge >= 0.3 is 0 Å². The van der Waals surface area contributed by atoms with Crippen LogP contribution in [-0.4, -0.2) is 36.0 Å². The summed E-state index contributed by atoms with van der Waals surface area (Å²) in [7, 11) is 0. The number of carbonyl (C=O) groups is 1. The van der Waals surface area contributed by atoms with Gasteiger partial charge in [0, 0.05) is 23.7 Å². The molecule has 3 rings (SSSR count). The third kappa shape index (κ3) is 3.11. The van der Waals surface area contributed by atoms with Gasteiger partial charge in [0.1, 0.15) is 0 Å². The van der Waals surface area contributed by atoms with E-state index in [1.54, 1.807) is 0 Å². The van der Waals surface area contributed by atoms with E-state index in [1.165, 1.54) is 0 Å². The second kappa shape index (κ2) is 6.79. The Bertz CT molecular complexity index is 467. The van der Waals surface area contributed by atoms with Crippen molar-refractivity contribution in [3.8, 4) is 0 Å². The van der Waals surface area contributed by atoms with Crippen LogP contribution >= 0.6 is 24.0 Å². The summed E-state index contributed by atoms with van der Waals surface area (Å²) >= 11 is 6.14. The second-order valence-electron chi connectivity index (χ2n) is 5.45. The Hall–Kier alpha value is -0.770. The van der Waals surface area contributed by atoms with Crippen LogP contribution < -0.4 is 5.32 Å². The molecule has 2 heterocycles. The second-order valence-corrected chi connectivity index (χ2v) is 5.85.